The van der Waals surface area contributed by atoms with Crippen molar-refractivity contribution in [2.45, 2.75) is 23.7 Å². The van der Waals surface area contributed by atoms with Gasteiger partial charge in [0.2, 0.25) is 0 Å². The van der Waals surface area contributed by atoms with E-state index in [1.807, 2.05) is 0 Å². The van der Waals surface area contributed by atoms with E-state index in [4.69, 9.17) is 11.5 Å². The summed E-state index contributed by atoms with van der Waals surface area (Å²) < 4.78 is 114. The summed E-state index contributed by atoms with van der Waals surface area (Å²) in [5.74, 6) is -23.9. The molecule has 0 amide bonds. The number of rotatable bonds is 2. The molecular formula is C18H12F8N2. The first kappa shape index (κ1) is 20.0. The zero-order chi connectivity index (χ0) is 21.1. The lowest BCUT2D eigenvalue weighted by Gasteiger charge is -2.44. The number of allylic oxidation sites excluding steroid dienone is 2. The highest BCUT2D eigenvalue weighted by Gasteiger charge is 2.85. The first-order chi connectivity index (χ1) is 12.7. The van der Waals surface area contributed by atoms with E-state index in [1.54, 1.807) is 0 Å². The molecular weight excluding hydrogens is 396 g/mol. The molecule has 10 heteroatoms. The van der Waals surface area contributed by atoms with E-state index in [0.29, 0.717) is 0 Å². The molecule has 2 aromatic carbocycles. The van der Waals surface area contributed by atoms with Crippen LogP contribution >= 0.6 is 0 Å². The van der Waals surface area contributed by atoms with Crippen molar-refractivity contribution in [1.82, 2.24) is 0 Å². The molecule has 3 rings (SSSR count). The van der Waals surface area contributed by atoms with Gasteiger partial charge in [0, 0.05) is 22.5 Å². The Kier molecular flexibility index (Phi) is 4.18. The smallest absolute Gasteiger partial charge is 0.382 e. The SMILES string of the molecule is Nc1ccc(C2=C(c3ccc(N)cc3)C(F)(F)C(F)(F)C(F)(F)C2(F)F)cc1. The second-order valence-corrected chi connectivity index (χ2v) is 6.29. The van der Waals surface area contributed by atoms with Gasteiger partial charge in [-0.05, 0) is 35.4 Å². The highest BCUT2D eigenvalue weighted by atomic mass is 19.4. The highest BCUT2D eigenvalue weighted by Crippen LogP contribution is 2.65. The average Bonchev–Trinajstić information content (AvgIpc) is 2.60. The molecule has 0 spiro atoms. The fraction of sp³-hybridized carbons (Fsp3) is 0.222. The number of hydrogen-bond donors (Lipinski definition) is 2. The topological polar surface area (TPSA) is 52.0 Å². The van der Waals surface area contributed by atoms with Gasteiger partial charge in [-0.25, -0.2) is 0 Å². The summed E-state index contributed by atoms with van der Waals surface area (Å²) in [7, 11) is 0. The number of alkyl halides is 8. The molecule has 0 radical (unpaired) electrons. The number of anilines is 2. The molecule has 0 fully saturated rings. The largest absolute Gasteiger partial charge is 0.399 e. The van der Waals surface area contributed by atoms with Crippen LogP contribution in [0.3, 0.4) is 0 Å². The maximum Gasteiger partial charge on any atom is 0.382 e. The van der Waals surface area contributed by atoms with Crippen LogP contribution in [0.25, 0.3) is 11.1 Å². The molecule has 150 valence electrons. The van der Waals surface area contributed by atoms with Gasteiger partial charge in [-0.2, -0.15) is 35.1 Å². The minimum atomic E-state index is -6.35. The third kappa shape index (κ3) is 2.46. The Balaban J connectivity index is 2.48. The Morgan fingerprint density at radius 3 is 0.964 bits per heavy atom. The van der Waals surface area contributed by atoms with Crippen molar-refractivity contribution >= 4 is 22.5 Å². The molecule has 1 aliphatic carbocycles. The van der Waals surface area contributed by atoms with E-state index in [0.717, 1.165) is 48.5 Å². The zero-order valence-corrected chi connectivity index (χ0v) is 13.8. The van der Waals surface area contributed by atoms with Crippen LogP contribution in [-0.2, 0) is 0 Å². The molecule has 0 bridgehead atoms. The van der Waals surface area contributed by atoms with E-state index in [9.17, 15) is 35.1 Å². The van der Waals surface area contributed by atoms with Crippen LogP contribution in [0.5, 0.6) is 0 Å². The van der Waals surface area contributed by atoms with Crippen molar-refractivity contribution in [3.05, 3.63) is 59.7 Å². The van der Waals surface area contributed by atoms with Gasteiger partial charge in [-0.3, -0.25) is 0 Å². The summed E-state index contributed by atoms with van der Waals surface area (Å²) >= 11 is 0. The Bertz CT molecular complexity index is 854. The van der Waals surface area contributed by atoms with Crippen molar-refractivity contribution in [1.29, 1.82) is 0 Å². The lowest BCUT2D eigenvalue weighted by Crippen LogP contribution is -2.66. The number of nitrogen functional groups attached to an aromatic ring is 2. The normalized spacial score (nSPS) is 22.1. The number of hydrogen-bond acceptors (Lipinski definition) is 2. The van der Waals surface area contributed by atoms with Gasteiger partial charge in [0.1, 0.15) is 0 Å². The third-order valence-corrected chi connectivity index (χ3v) is 4.46. The summed E-state index contributed by atoms with van der Waals surface area (Å²) in [6.07, 6.45) is 0. The van der Waals surface area contributed by atoms with E-state index in [-0.39, 0.29) is 11.4 Å². The summed E-state index contributed by atoms with van der Waals surface area (Å²) in [4.78, 5) is 0. The van der Waals surface area contributed by atoms with Crippen molar-refractivity contribution in [2.75, 3.05) is 11.5 Å². The lowest BCUT2D eigenvalue weighted by molar-refractivity contribution is -0.344. The van der Waals surface area contributed by atoms with Crippen molar-refractivity contribution in [3.8, 4) is 0 Å². The van der Waals surface area contributed by atoms with E-state index in [2.05, 4.69) is 0 Å². The second-order valence-electron chi connectivity index (χ2n) is 6.29. The van der Waals surface area contributed by atoms with Gasteiger partial charge in [0.25, 0.3) is 0 Å². The van der Waals surface area contributed by atoms with E-state index in [1.165, 1.54) is 0 Å². The van der Waals surface area contributed by atoms with Crippen molar-refractivity contribution < 1.29 is 35.1 Å². The molecule has 0 aliphatic heterocycles. The average molecular weight is 408 g/mol. The Morgan fingerprint density at radius 1 is 0.464 bits per heavy atom. The van der Waals surface area contributed by atoms with Crippen LogP contribution < -0.4 is 11.5 Å². The van der Waals surface area contributed by atoms with Gasteiger partial charge in [-0.15, -0.1) is 0 Å². The highest BCUT2D eigenvalue weighted by molar-refractivity contribution is 5.99. The minimum absolute atomic E-state index is 0.0290. The number of halogens is 8. The van der Waals surface area contributed by atoms with Gasteiger partial charge in [-0.1, -0.05) is 24.3 Å². The molecule has 1 aliphatic rings. The van der Waals surface area contributed by atoms with Crippen LogP contribution in [-0.4, -0.2) is 23.7 Å². The number of nitrogens with two attached hydrogens (primary N) is 2. The molecule has 2 aromatic rings. The van der Waals surface area contributed by atoms with E-state index >= 15 is 0 Å². The predicted molar refractivity (Wildman–Crippen MR) is 88.3 cm³/mol. The van der Waals surface area contributed by atoms with Crippen LogP contribution in [0, 0.1) is 0 Å². The summed E-state index contributed by atoms with van der Waals surface area (Å²) in [6.45, 7) is 0. The molecule has 4 N–H and O–H groups in total. The van der Waals surface area contributed by atoms with Gasteiger partial charge in [0.15, 0.2) is 0 Å². The molecule has 0 saturated heterocycles. The van der Waals surface area contributed by atoms with Crippen LogP contribution in [0.1, 0.15) is 11.1 Å². The van der Waals surface area contributed by atoms with E-state index < -0.39 is 46.0 Å². The quantitative estimate of drug-likeness (QED) is 0.522. The molecule has 0 heterocycles. The molecule has 0 atom stereocenters. The summed E-state index contributed by atoms with van der Waals surface area (Å²) in [5.41, 5.74) is 5.47. The lowest BCUT2D eigenvalue weighted by atomic mass is 9.75. The first-order valence-electron chi connectivity index (χ1n) is 7.73. The Labute approximate surface area is 153 Å². The van der Waals surface area contributed by atoms with Gasteiger partial charge < -0.3 is 11.5 Å². The standard InChI is InChI=1S/C18H12F8N2/c19-15(20)13(9-1-5-11(27)6-2-9)14(10-3-7-12(28)8-4-10)16(21,22)18(25,26)17(15,23)24/h1-8H,27-28H2. The summed E-state index contributed by atoms with van der Waals surface area (Å²) in [5, 5.41) is 0. The fourth-order valence-electron chi connectivity index (χ4n) is 2.97. The van der Waals surface area contributed by atoms with Crippen LogP contribution in [0.2, 0.25) is 0 Å². The second kappa shape index (κ2) is 5.86. The first-order valence-corrected chi connectivity index (χ1v) is 7.73. The minimum Gasteiger partial charge on any atom is -0.399 e. The predicted octanol–water partition coefficient (Wildman–Crippen LogP) is 5.32. The molecule has 28 heavy (non-hydrogen) atoms. The Morgan fingerprint density at radius 2 is 0.714 bits per heavy atom. The molecule has 0 aromatic heterocycles. The van der Waals surface area contributed by atoms with Gasteiger partial charge in [0.05, 0.1) is 0 Å². The third-order valence-electron chi connectivity index (χ3n) is 4.46. The van der Waals surface area contributed by atoms with Crippen LogP contribution in [0.15, 0.2) is 48.5 Å². The molecule has 0 saturated carbocycles. The zero-order valence-electron chi connectivity index (χ0n) is 13.8. The monoisotopic (exact) mass is 408 g/mol. The molecule has 0 unspecified atom stereocenters. The molecule has 2 nitrogen and oxygen atoms in total. The fourth-order valence-corrected chi connectivity index (χ4v) is 2.97. The maximum atomic E-state index is 14.6. The summed E-state index contributed by atoms with van der Waals surface area (Å²) in [6, 6.07) is 7.14. The van der Waals surface area contributed by atoms with Crippen molar-refractivity contribution in [2.24, 2.45) is 0 Å². The van der Waals surface area contributed by atoms with Crippen molar-refractivity contribution in [3.63, 3.8) is 0 Å². The van der Waals surface area contributed by atoms with Crippen LogP contribution in [0.4, 0.5) is 46.5 Å². The Hall–Kier alpha value is -2.78. The number of benzene rings is 2. The van der Waals surface area contributed by atoms with Gasteiger partial charge >= 0.3 is 23.7 Å². The maximum absolute atomic E-state index is 14.6.